The van der Waals surface area contributed by atoms with Crippen molar-refractivity contribution in [1.29, 1.82) is 5.26 Å². The molecule has 1 heterocycles. The standard InChI is InChI=1S/C20H17N3O2S/c1-14-3-6-18(17-7-4-16(12-21)5-8-17)11-19(14)23-26(24,25)20-13-22-10-9-15(20)2/h3-11,13,23H,1-2H3. The van der Waals surface area contributed by atoms with Crippen LogP contribution < -0.4 is 4.72 Å². The van der Waals surface area contributed by atoms with Gasteiger partial charge in [-0.05, 0) is 60.4 Å². The molecule has 3 rings (SSSR count). The largest absolute Gasteiger partial charge is 0.279 e. The molecule has 0 aliphatic rings. The lowest BCUT2D eigenvalue weighted by Crippen LogP contribution is -2.15. The number of nitrogens with zero attached hydrogens (tertiary/aromatic N) is 2. The molecule has 0 aliphatic heterocycles. The van der Waals surface area contributed by atoms with E-state index in [9.17, 15) is 8.42 Å². The van der Waals surface area contributed by atoms with Crippen LogP contribution in [0.1, 0.15) is 16.7 Å². The summed E-state index contributed by atoms with van der Waals surface area (Å²) in [6.07, 6.45) is 2.91. The van der Waals surface area contributed by atoms with Crippen LogP contribution in [0.2, 0.25) is 0 Å². The third-order valence-corrected chi connectivity index (χ3v) is 5.60. The van der Waals surface area contributed by atoms with Gasteiger partial charge in [-0.15, -0.1) is 0 Å². The van der Waals surface area contributed by atoms with E-state index in [1.54, 1.807) is 37.4 Å². The van der Waals surface area contributed by atoms with E-state index in [0.717, 1.165) is 16.7 Å². The Morgan fingerprint density at radius 1 is 0.962 bits per heavy atom. The van der Waals surface area contributed by atoms with Crippen molar-refractivity contribution >= 4 is 15.7 Å². The van der Waals surface area contributed by atoms with Crippen LogP contribution in [0.25, 0.3) is 11.1 Å². The van der Waals surface area contributed by atoms with Gasteiger partial charge in [-0.25, -0.2) is 8.42 Å². The van der Waals surface area contributed by atoms with Crippen molar-refractivity contribution in [2.75, 3.05) is 4.72 Å². The summed E-state index contributed by atoms with van der Waals surface area (Å²) in [7, 11) is -3.73. The Labute approximate surface area is 153 Å². The number of pyridine rings is 1. The Bertz CT molecular complexity index is 1100. The summed E-state index contributed by atoms with van der Waals surface area (Å²) in [5, 5.41) is 8.91. The highest BCUT2D eigenvalue weighted by molar-refractivity contribution is 7.92. The van der Waals surface area contributed by atoms with E-state index in [4.69, 9.17) is 5.26 Å². The lowest BCUT2D eigenvalue weighted by atomic mass is 10.0. The first-order valence-corrected chi connectivity index (χ1v) is 9.43. The van der Waals surface area contributed by atoms with Gasteiger partial charge in [0.15, 0.2) is 0 Å². The van der Waals surface area contributed by atoms with Gasteiger partial charge >= 0.3 is 0 Å². The van der Waals surface area contributed by atoms with Crippen LogP contribution in [0.15, 0.2) is 65.8 Å². The Morgan fingerprint density at radius 2 is 1.65 bits per heavy atom. The summed E-state index contributed by atoms with van der Waals surface area (Å²) in [5.41, 5.74) is 4.30. The van der Waals surface area contributed by atoms with Crippen molar-refractivity contribution in [2.45, 2.75) is 18.7 Å². The van der Waals surface area contributed by atoms with E-state index in [2.05, 4.69) is 15.8 Å². The van der Waals surface area contributed by atoms with Crippen LogP contribution in [0.3, 0.4) is 0 Å². The first-order chi connectivity index (χ1) is 12.4. The van der Waals surface area contributed by atoms with E-state index < -0.39 is 10.0 Å². The van der Waals surface area contributed by atoms with Gasteiger partial charge in [0.2, 0.25) is 0 Å². The number of nitrogens with one attached hydrogen (secondary N) is 1. The molecule has 26 heavy (non-hydrogen) atoms. The zero-order chi connectivity index (χ0) is 18.7. The molecule has 0 radical (unpaired) electrons. The number of hydrogen-bond donors (Lipinski definition) is 1. The molecule has 6 heteroatoms. The van der Waals surface area contributed by atoms with E-state index in [-0.39, 0.29) is 4.90 Å². The van der Waals surface area contributed by atoms with Gasteiger partial charge in [-0.1, -0.05) is 24.3 Å². The van der Waals surface area contributed by atoms with Gasteiger partial charge in [-0.3, -0.25) is 9.71 Å². The Balaban J connectivity index is 1.98. The highest BCUT2D eigenvalue weighted by atomic mass is 32.2. The highest BCUT2D eigenvalue weighted by Crippen LogP contribution is 2.28. The van der Waals surface area contributed by atoms with Gasteiger partial charge < -0.3 is 0 Å². The zero-order valence-electron chi connectivity index (χ0n) is 14.4. The minimum absolute atomic E-state index is 0.156. The Morgan fingerprint density at radius 3 is 2.31 bits per heavy atom. The number of aryl methyl sites for hydroxylation is 2. The van der Waals surface area contributed by atoms with Crippen molar-refractivity contribution in [2.24, 2.45) is 0 Å². The lowest BCUT2D eigenvalue weighted by Gasteiger charge is -2.13. The maximum absolute atomic E-state index is 12.7. The van der Waals surface area contributed by atoms with Gasteiger partial charge in [0, 0.05) is 12.4 Å². The number of benzene rings is 2. The van der Waals surface area contributed by atoms with Gasteiger partial charge in [0.05, 0.1) is 17.3 Å². The number of nitriles is 1. The maximum atomic E-state index is 12.7. The summed E-state index contributed by atoms with van der Waals surface area (Å²) in [5.74, 6) is 0. The quantitative estimate of drug-likeness (QED) is 0.758. The van der Waals surface area contributed by atoms with E-state index >= 15 is 0 Å². The molecule has 0 fully saturated rings. The minimum Gasteiger partial charge on any atom is -0.279 e. The molecule has 0 saturated carbocycles. The molecule has 0 spiro atoms. The van der Waals surface area contributed by atoms with E-state index in [0.29, 0.717) is 16.8 Å². The monoisotopic (exact) mass is 363 g/mol. The van der Waals surface area contributed by atoms with Crippen molar-refractivity contribution in [3.05, 3.63) is 77.6 Å². The molecule has 0 amide bonds. The fraction of sp³-hybridized carbons (Fsp3) is 0.100. The number of sulfonamides is 1. The second-order valence-corrected chi connectivity index (χ2v) is 7.62. The number of anilines is 1. The van der Waals surface area contributed by atoms with Crippen molar-refractivity contribution in [3.8, 4) is 17.2 Å². The molecular weight excluding hydrogens is 346 g/mol. The predicted octanol–water partition coefficient (Wildman–Crippen LogP) is 4.04. The molecule has 3 aromatic rings. The third-order valence-electron chi connectivity index (χ3n) is 4.11. The Kier molecular flexibility index (Phi) is 4.74. The summed E-state index contributed by atoms with van der Waals surface area (Å²) < 4.78 is 28.1. The van der Waals surface area contributed by atoms with Gasteiger partial charge in [0.25, 0.3) is 10.0 Å². The molecule has 0 unspecified atom stereocenters. The molecule has 1 aromatic heterocycles. The van der Waals surface area contributed by atoms with E-state index in [1.807, 2.05) is 31.2 Å². The summed E-state index contributed by atoms with van der Waals surface area (Å²) in [6, 6.07) is 16.5. The average Bonchev–Trinajstić information content (AvgIpc) is 2.64. The van der Waals surface area contributed by atoms with Crippen LogP contribution >= 0.6 is 0 Å². The Hall–Kier alpha value is -3.17. The van der Waals surface area contributed by atoms with Crippen LogP contribution in [-0.4, -0.2) is 13.4 Å². The zero-order valence-corrected chi connectivity index (χ0v) is 15.2. The molecule has 5 nitrogen and oxygen atoms in total. The summed E-state index contributed by atoms with van der Waals surface area (Å²) >= 11 is 0. The number of rotatable bonds is 4. The molecule has 0 atom stereocenters. The first-order valence-electron chi connectivity index (χ1n) is 7.95. The highest BCUT2D eigenvalue weighted by Gasteiger charge is 2.18. The van der Waals surface area contributed by atoms with E-state index in [1.165, 1.54) is 6.20 Å². The summed E-state index contributed by atoms with van der Waals surface area (Å²) in [6.45, 7) is 3.58. The molecule has 1 N–H and O–H groups in total. The minimum atomic E-state index is -3.73. The second-order valence-electron chi connectivity index (χ2n) is 5.97. The number of aromatic nitrogens is 1. The predicted molar refractivity (Wildman–Crippen MR) is 101 cm³/mol. The van der Waals surface area contributed by atoms with Gasteiger partial charge in [-0.2, -0.15) is 5.26 Å². The fourth-order valence-electron chi connectivity index (χ4n) is 2.58. The molecule has 130 valence electrons. The fourth-order valence-corrected chi connectivity index (χ4v) is 3.89. The summed E-state index contributed by atoms with van der Waals surface area (Å²) in [4.78, 5) is 4.07. The van der Waals surface area contributed by atoms with Crippen molar-refractivity contribution in [1.82, 2.24) is 4.98 Å². The average molecular weight is 363 g/mol. The second kappa shape index (κ2) is 6.98. The van der Waals surface area contributed by atoms with Crippen molar-refractivity contribution in [3.63, 3.8) is 0 Å². The first kappa shape index (κ1) is 17.6. The maximum Gasteiger partial charge on any atom is 0.263 e. The molecule has 0 saturated heterocycles. The SMILES string of the molecule is Cc1ccc(-c2ccc(C#N)cc2)cc1NS(=O)(=O)c1cnccc1C. The van der Waals surface area contributed by atoms with Crippen molar-refractivity contribution < 1.29 is 8.42 Å². The van der Waals surface area contributed by atoms with Crippen LogP contribution in [0, 0.1) is 25.2 Å². The van der Waals surface area contributed by atoms with Gasteiger partial charge in [0.1, 0.15) is 4.90 Å². The molecular formula is C20H17N3O2S. The van der Waals surface area contributed by atoms with Crippen LogP contribution in [-0.2, 0) is 10.0 Å². The van der Waals surface area contributed by atoms with Crippen LogP contribution in [0.5, 0.6) is 0 Å². The molecule has 0 bridgehead atoms. The topological polar surface area (TPSA) is 82.9 Å². The number of hydrogen-bond acceptors (Lipinski definition) is 4. The smallest absolute Gasteiger partial charge is 0.263 e. The normalized spacial score (nSPS) is 11.0. The molecule has 0 aliphatic carbocycles. The van der Waals surface area contributed by atoms with Crippen LogP contribution in [0.4, 0.5) is 5.69 Å². The lowest BCUT2D eigenvalue weighted by molar-refractivity contribution is 0.600. The third kappa shape index (κ3) is 3.58. The molecule has 2 aromatic carbocycles.